The number of aromatic carboxylic acids is 1. The number of rotatable bonds is 6. The highest BCUT2D eigenvalue weighted by Crippen LogP contribution is 2.07. The molecule has 0 unspecified atom stereocenters. The largest absolute Gasteiger partial charge is 0.478 e. The molecule has 0 fully saturated rings. The highest BCUT2D eigenvalue weighted by Gasteiger charge is 2.10. The number of carboxylic acids is 1. The molecule has 0 spiro atoms. The van der Waals surface area contributed by atoms with Crippen molar-refractivity contribution in [1.29, 1.82) is 0 Å². The molecule has 1 aromatic carbocycles. The topological polar surface area (TPSA) is 98.1 Å². The van der Waals surface area contributed by atoms with Crippen molar-refractivity contribution in [1.82, 2.24) is 16.2 Å². The van der Waals surface area contributed by atoms with Gasteiger partial charge in [0.2, 0.25) is 0 Å². The minimum absolute atomic E-state index is 0.191. The predicted octanol–water partition coefficient (Wildman–Crippen LogP) is 1.89. The Bertz CT molecular complexity index is 684. The summed E-state index contributed by atoms with van der Waals surface area (Å²) in [4.78, 5) is 11.6. The second-order valence-corrected chi connectivity index (χ2v) is 5.52. The third kappa shape index (κ3) is 6.01. The first-order valence-electron chi connectivity index (χ1n) is 7.11. The minimum atomic E-state index is -0.991. The summed E-state index contributed by atoms with van der Waals surface area (Å²) < 4.78 is 0. The summed E-state index contributed by atoms with van der Waals surface area (Å²) in [5.41, 5.74) is 7.45. The normalized spacial score (nSPS) is 11.6. The second-order valence-electron chi connectivity index (χ2n) is 4.62. The fraction of sp³-hybridized carbons (Fsp3) is 0.267. The third-order valence-electron chi connectivity index (χ3n) is 2.91. The molecule has 0 aliphatic rings. The van der Waals surface area contributed by atoms with Crippen molar-refractivity contribution in [3.05, 3.63) is 35.4 Å². The summed E-state index contributed by atoms with van der Waals surface area (Å²) in [6.45, 7) is 3.69. The molecule has 128 valence electrons. The lowest BCUT2D eigenvalue weighted by Crippen LogP contribution is -2.31. The van der Waals surface area contributed by atoms with E-state index in [2.05, 4.69) is 26.4 Å². The SMILES string of the molecule is CCC(=S)NN=C(C)C(=NNC(=S)NC)c1ccc(C(=O)O)cc1. The molecule has 1 rings (SSSR count). The number of benzene rings is 1. The van der Waals surface area contributed by atoms with E-state index < -0.39 is 5.97 Å². The quantitative estimate of drug-likeness (QED) is 0.347. The van der Waals surface area contributed by atoms with Crippen LogP contribution in [0.4, 0.5) is 0 Å². The van der Waals surface area contributed by atoms with Gasteiger partial charge in [-0.25, -0.2) is 4.79 Å². The molecule has 0 saturated heterocycles. The number of hydrogen-bond acceptors (Lipinski definition) is 5. The van der Waals surface area contributed by atoms with Crippen LogP contribution in [0, 0.1) is 0 Å². The molecular weight excluding hydrogens is 346 g/mol. The molecule has 0 heterocycles. The Morgan fingerprint density at radius 2 is 1.71 bits per heavy atom. The van der Waals surface area contributed by atoms with Gasteiger partial charge in [0.15, 0.2) is 5.11 Å². The zero-order chi connectivity index (χ0) is 18.1. The van der Waals surface area contributed by atoms with Gasteiger partial charge in [0.25, 0.3) is 0 Å². The molecule has 9 heteroatoms. The first-order valence-corrected chi connectivity index (χ1v) is 7.93. The Labute approximate surface area is 151 Å². The number of carboxylic acid groups (broad SMARTS) is 1. The van der Waals surface area contributed by atoms with Crippen LogP contribution in [-0.2, 0) is 0 Å². The minimum Gasteiger partial charge on any atom is -0.478 e. The van der Waals surface area contributed by atoms with Gasteiger partial charge in [-0.2, -0.15) is 10.2 Å². The summed E-state index contributed by atoms with van der Waals surface area (Å²) in [7, 11) is 1.67. The molecule has 4 N–H and O–H groups in total. The molecule has 24 heavy (non-hydrogen) atoms. The van der Waals surface area contributed by atoms with Gasteiger partial charge in [-0.1, -0.05) is 31.3 Å². The van der Waals surface area contributed by atoms with E-state index in [4.69, 9.17) is 29.5 Å². The van der Waals surface area contributed by atoms with E-state index in [9.17, 15) is 4.79 Å². The maximum Gasteiger partial charge on any atom is 0.335 e. The smallest absolute Gasteiger partial charge is 0.335 e. The molecule has 1 aromatic rings. The van der Waals surface area contributed by atoms with Gasteiger partial charge in [-0.15, -0.1) is 0 Å². The number of nitrogens with one attached hydrogen (secondary N) is 3. The molecule has 0 aromatic heterocycles. The third-order valence-corrected chi connectivity index (χ3v) is 3.59. The van der Waals surface area contributed by atoms with Crippen LogP contribution >= 0.6 is 24.4 Å². The molecule has 0 amide bonds. The molecule has 0 atom stereocenters. The lowest BCUT2D eigenvalue weighted by Gasteiger charge is -2.09. The first-order chi connectivity index (χ1) is 11.4. The number of hydrogen-bond donors (Lipinski definition) is 4. The molecule has 0 saturated carbocycles. The van der Waals surface area contributed by atoms with Gasteiger partial charge >= 0.3 is 5.97 Å². The Morgan fingerprint density at radius 1 is 1.12 bits per heavy atom. The van der Waals surface area contributed by atoms with E-state index >= 15 is 0 Å². The van der Waals surface area contributed by atoms with Crippen molar-refractivity contribution >= 4 is 51.9 Å². The van der Waals surface area contributed by atoms with E-state index in [0.29, 0.717) is 33.5 Å². The Balaban J connectivity index is 3.15. The Morgan fingerprint density at radius 3 is 2.21 bits per heavy atom. The van der Waals surface area contributed by atoms with E-state index in [1.807, 2.05) is 6.92 Å². The summed E-state index contributed by atoms with van der Waals surface area (Å²) in [6, 6.07) is 6.31. The van der Waals surface area contributed by atoms with Crippen molar-refractivity contribution in [2.45, 2.75) is 20.3 Å². The van der Waals surface area contributed by atoms with Crippen molar-refractivity contribution in [2.24, 2.45) is 10.2 Å². The van der Waals surface area contributed by atoms with Crippen LogP contribution in [0.1, 0.15) is 36.2 Å². The lowest BCUT2D eigenvalue weighted by atomic mass is 10.0. The average molecular weight is 365 g/mol. The molecule has 0 aliphatic heterocycles. The maximum atomic E-state index is 11.0. The number of thiocarbonyl (C=S) groups is 2. The Hall–Kier alpha value is -2.39. The molecule has 0 radical (unpaired) electrons. The van der Waals surface area contributed by atoms with E-state index in [1.54, 1.807) is 26.1 Å². The zero-order valence-corrected chi connectivity index (χ0v) is 15.2. The van der Waals surface area contributed by atoms with Crippen molar-refractivity contribution < 1.29 is 9.90 Å². The second kappa shape index (κ2) is 9.68. The standard InChI is InChI=1S/C15H19N5O2S2/c1-4-12(23)18-17-9(2)13(19-20-15(24)16-3)10-5-7-11(8-6-10)14(21)22/h5-8H,4H2,1-3H3,(H,18,23)(H,21,22)(H2,16,20,24). The van der Waals surface area contributed by atoms with Gasteiger partial charge in [0.1, 0.15) is 5.71 Å². The summed E-state index contributed by atoms with van der Waals surface area (Å²) in [5, 5.41) is 20.5. The predicted molar refractivity (Wildman–Crippen MR) is 104 cm³/mol. The van der Waals surface area contributed by atoms with E-state index in [-0.39, 0.29) is 5.56 Å². The fourth-order valence-electron chi connectivity index (χ4n) is 1.57. The summed E-state index contributed by atoms with van der Waals surface area (Å²) in [6.07, 6.45) is 0.675. The van der Waals surface area contributed by atoms with Crippen LogP contribution in [0.15, 0.2) is 34.5 Å². The molecule has 0 aliphatic carbocycles. The lowest BCUT2D eigenvalue weighted by molar-refractivity contribution is 0.0697. The van der Waals surface area contributed by atoms with Crippen LogP contribution in [0.2, 0.25) is 0 Å². The van der Waals surface area contributed by atoms with Crippen molar-refractivity contribution in [2.75, 3.05) is 7.05 Å². The van der Waals surface area contributed by atoms with Crippen molar-refractivity contribution in [3.8, 4) is 0 Å². The number of nitrogens with zero attached hydrogens (tertiary/aromatic N) is 2. The highest BCUT2D eigenvalue weighted by molar-refractivity contribution is 7.80. The fourth-order valence-corrected chi connectivity index (χ4v) is 1.66. The highest BCUT2D eigenvalue weighted by atomic mass is 32.1. The van der Waals surface area contributed by atoms with Gasteiger partial charge in [0, 0.05) is 12.6 Å². The van der Waals surface area contributed by atoms with Crippen LogP contribution < -0.4 is 16.2 Å². The van der Waals surface area contributed by atoms with E-state index in [0.717, 1.165) is 0 Å². The summed E-state index contributed by atoms with van der Waals surface area (Å²) >= 11 is 10.1. The molecule has 0 bridgehead atoms. The van der Waals surface area contributed by atoms with Crippen LogP contribution in [0.5, 0.6) is 0 Å². The van der Waals surface area contributed by atoms with Gasteiger partial charge < -0.3 is 10.4 Å². The Kier molecular flexibility index (Phi) is 7.93. The molecule has 7 nitrogen and oxygen atoms in total. The van der Waals surface area contributed by atoms with Gasteiger partial charge in [-0.3, -0.25) is 10.9 Å². The molecular formula is C15H19N5O2S2. The first kappa shape index (κ1) is 19.7. The van der Waals surface area contributed by atoms with Gasteiger partial charge in [-0.05, 0) is 37.7 Å². The van der Waals surface area contributed by atoms with Crippen LogP contribution in [-0.4, -0.2) is 39.6 Å². The average Bonchev–Trinajstić information content (AvgIpc) is 2.59. The van der Waals surface area contributed by atoms with Gasteiger partial charge in [0.05, 0.1) is 16.3 Å². The number of carbonyl (C=O) groups is 1. The summed E-state index contributed by atoms with van der Waals surface area (Å²) in [5.74, 6) is -0.991. The number of hydrazone groups is 2. The monoisotopic (exact) mass is 365 g/mol. The van der Waals surface area contributed by atoms with Crippen LogP contribution in [0.25, 0.3) is 0 Å². The zero-order valence-electron chi connectivity index (χ0n) is 13.6. The van der Waals surface area contributed by atoms with E-state index in [1.165, 1.54) is 12.1 Å². The van der Waals surface area contributed by atoms with Crippen LogP contribution in [0.3, 0.4) is 0 Å². The van der Waals surface area contributed by atoms with Crippen molar-refractivity contribution in [3.63, 3.8) is 0 Å². The maximum absolute atomic E-state index is 11.0.